The van der Waals surface area contributed by atoms with Gasteiger partial charge in [-0.1, -0.05) is 12.1 Å². The molecule has 6 heteroatoms. The average Bonchev–Trinajstić information content (AvgIpc) is 2.55. The van der Waals surface area contributed by atoms with Gasteiger partial charge in [0.2, 0.25) is 5.95 Å². The number of rotatable bonds is 3. The molecule has 0 unspecified atom stereocenters. The Hall–Kier alpha value is -2.21. The van der Waals surface area contributed by atoms with E-state index in [1.165, 1.54) is 6.07 Å². The quantitative estimate of drug-likeness (QED) is 0.926. The smallest absolute Gasteiger partial charge is 0.225 e. The fourth-order valence-electron chi connectivity index (χ4n) is 2.63. The second-order valence-corrected chi connectivity index (χ2v) is 4.93. The Morgan fingerprint density at radius 2 is 1.67 bits per heavy atom. The summed E-state index contributed by atoms with van der Waals surface area (Å²) in [7, 11) is 0. The summed E-state index contributed by atoms with van der Waals surface area (Å²) in [5.74, 6) is 0.416. The third-order valence-corrected chi connectivity index (χ3v) is 3.67. The number of aromatic nitrogens is 2. The van der Waals surface area contributed by atoms with Crippen LogP contribution in [0.3, 0.4) is 0 Å². The van der Waals surface area contributed by atoms with Crippen LogP contribution in [0.4, 0.5) is 16.0 Å². The minimum absolute atomic E-state index is 0.158. The predicted octanol–water partition coefficient (Wildman–Crippen LogP) is 1.43. The van der Waals surface area contributed by atoms with Crippen molar-refractivity contribution in [1.29, 1.82) is 0 Å². The fourth-order valence-corrected chi connectivity index (χ4v) is 2.63. The third-order valence-electron chi connectivity index (χ3n) is 3.67. The van der Waals surface area contributed by atoms with E-state index < -0.39 is 0 Å². The van der Waals surface area contributed by atoms with Gasteiger partial charge in [0, 0.05) is 44.1 Å². The molecule has 0 amide bonds. The van der Waals surface area contributed by atoms with Gasteiger partial charge >= 0.3 is 0 Å². The molecule has 1 aliphatic heterocycles. The maximum Gasteiger partial charge on any atom is 0.225 e. The van der Waals surface area contributed by atoms with E-state index in [1.807, 2.05) is 4.90 Å². The monoisotopic (exact) mass is 288 g/mol. The summed E-state index contributed by atoms with van der Waals surface area (Å²) < 4.78 is 14.1. The molecule has 0 spiro atoms. The molecule has 1 fully saturated rings. The number of hydrogen-bond acceptors (Lipinski definition) is 5. The van der Waals surface area contributed by atoms with Crippen molar-refractivity contribution in [2.75, 3.05) is 36.0 Å². The van der Waals surface area contributed by atoms with E-state index in [0.717, 1.165) is 13.1 Å². The summed E-state index contributed by atoms with van der Waals surface area (Å²) in [4.78, 5) is 12.5. The summed E-state index contributed by atoms with van der Waals surface area (Å²) in [6, 6.07) is 6.59. The van der Waals surface area contributed by atoms with Crippen LogP contribution in [0.5, 0.6) is 0 Å². The molecule has 0 saturated carbocycles. The highest BCUT2D eigenvalue weighted by Gasteiger charge is 2.22. The molecule has 0 atom stereocenters. The molecule has 110 valence electrons. The van der Waals surface area contributed by atoms with Crippen molar-refractivity contribution >= 4 is 11.6 Å². The minimum Gasteiger partial charge on any atom is -0.392 e. The van der Waals surface area contributed by atoms with Crippen LogP contribution < -0.4 is 9.80 Å². The van der Waals surface area contributed by atoms with E-state index >= 15 is 0 Å². The van der Waals surface area contributed by atoms with Crippen molar-refractivity contribution in [3.63, 3.8) is 0 Å². The first kappa shape index (κ1) is 13.8. The van der Waals surface area contributed by atoms with Crippen LogP contribution in [0.2, 0.25) is 0 Å². The molecule has 1 aliphatic rings. The third kappa shape index (κ3) is 2.80. The van der Waals surface area contributed by atoms with Gasteiger partial charge in [0.05, 0.1) is 12.3 Å². The average molecular weight is 288 g/mol. The largest absolute Gasteiger partial charge is 0.392 e. The minimum atomic E-state index is -0.286. The molecular weight excluding hydrogens is 271 g/mol. The highest BCUT2D eigenvalue weighted by molar-refractivity contribution is 5.56. The molecule has 0 aliphatic carbocycles. The van der Waals surface area contributed by atoms with Crippen molar-refractivity contribution in [3.05, 3.63) is 48.0 Å². The Balaban J connectivity index is 1.75. The normalized spacial score (nSPS) is 15.3. The SMILES string of the molecule is OCc1cccc(F)c1N1CCN(c2ncccn2)CC1. The van der Waals surface area contributed by atoms with Gasteiger partial charge in [-0.25, -0.2) is 14.4 Å². The molecular formula is C15H17FN4O. The Morgan fingerprint density at radius 1 is 1.00 bits per heavy atom. The lowest BCUT2D eigenvalue weighted by atomic mass is 10.1. The van der Waals surface area contributed by atoms with Gasteiger partial charge in [-0.2, -0.15) is 0 Å². The lowest BCUT2D eigenvalue weighted by Crippen LogP contribution is -2.47. The first-order chi connectivity index (χ1) is 10.3. The molecule has 5 nitrogen and oxygen atoms in total. The Morgan fingerprint density at radius 3 is 2.33 bits per heavy atom. The van der Waals surface area contributed by atoms with Crippen LogP contribution in [-0.2, 0) is 6.61 Å². The molecule has 2 heterocycles. The molecule has 21 heavy (non-hydrogen) atoms. The molecule has 0 bridgehead atoms. The molecule has 0 radical (unpaired) electrons. The van der Waals surface area contributed by atoms with Crippen molar-refractivity contribution in [2.24, 2.45) is 0 Å². The molecule has 1 aromatic carbocycles. The summed E-state index contributed by atoms with van der Waals surface area (Å²) in [6.07, 6.45) is 3.44. The zero-order valence-electron chi connectivity index (χ0n) is 11.6. The van der Waals surface area contributed by atoms with Gasteiger partial charge in [-0.3, -0.25) is 0 Å². The highest BCUT2D eigenvalue weighted by Crippen LogP contribution is 2.26. The Bertz CT molecular complexity index is 600. The van der Waals surface area contributed by atoms with E-state index in [9.17, 15) is 9.50 Å². The van der Waals surface area contributed by atoms with Crippen molar-refractivity contribution in [3.8, 4) is 0 Å². The number of halogens is 1. The number of hydrogen-bond donors (Lipinski definition) is 1. The number of para-hydroxylation sites is 1. The van der Waals surface area contributed by atoms with E-state index in [4.69, 9.17) is 0 Å². The number of nitrogens with zero attached hydrogens (tertiary/aromatic N) is 4. The second kappa shape index (κ2) is 6.05. The van der Waals surface area contributed by atoms with Gasteiger partial charge in [-0.15, -0.1) is 0 Å². The first-order valence-electron chi connectivity index (χ1n) is 6.95. The van der Waals surface area contributed by atoms with Gasteiger partial charge in [0.15, 0.2) is 0 Å². The van der Waals surface area contributed by atoms with E-state index in [0.29, 0.717) is 30.3 Å². The summed E-state index contributed by atoms with van der Waals surface area (Å²) in [5.41, 5.74) is 1.13. The Kier molecular flexibility index (Phi) is 3.96. The summed E-state index contributed by atoms with van der Waals surface area (Å²) >= 11 is 0. The topological polar surface area (TPSA) is 52.5 Å². The highest BCUT2D eigenvalue weighted by atomic mass is 19.1. The van der Waals surface area contributed by atoms with Crippen molar-refractivity contribution < 1.29 is 9.50 Å². The van der Waals surface area contributed by atoms with Crippen LogP contribution in [-0.4, -0.2) is 41.3 Å². The number of piperazine rings is 1. The van der Waals surface area contributed by atoms with Gasteiger partial charge in [0.1, 0.15) is 5.82 Å². The lowest BCUT2D eigenvalue weighted by Gasteiger charge is -2.36. The standard InChI is InChI=1S/C15H17FN4O/c16-13-4-1-3-12(11-21)14(13)19-7-9-20(10-8-19)15-17-5-2-6-18-15/h1-6,21H,7-11H2. The van der Waals surface area contributed by atoms with Gasteiger partial charge in [0.25, 0.3) is 0 Å². The number of anilines is 2. The zero-order valence-corrected chi connectivity index (χ0v) is 11.6. The van der Waals surface area contributed by atoms with E-state index in [1.54, 1.807) is 30.6 Å². The summed E-state index contributed by atoms with van der Waals surface area (Å²) in [6.45, 7) is 2.64. The molecule has 3 rings (SSSR count). The van der Waals surface area contributed by atoms with Crippen LogP contribution in [0.25, 0.3) is 0 Å². The lowest BCUT2D eigenvalue weighted by molar-refractivity contribution is 0.281. The van der Waals surface area contributed by atoms with Crippen molar-refractivity contribution in [2.45, 2.75) is 6.61 Å². The molecule has 1 saturated heterocycles. The molecule has 1 aromatic heterocycles. The zero-order chi connectivity index (χ0) is 14.7. The number of aliphatic hydroxyl groups excluding tert-OH is 1. The molecule has 1 N–H and O–H groups in total. The fraction of sp³-hybridized carbons (Fsp3) is 0.333. The van der Waals surface area contributed by atoms with E-state index in [-0.39, 0.29) is 12.4 Å². The van der Waals surface area contributed by atoms with Gasteiger partial charge in [-0.05, 0) is 12.1 Å². The summed E-state index contributed by atoms with van der Waals surface area (Å²) in [5, 5.41) is 9.38. The number of benzene rings is 1. The Labute approximate surface area is 122 Å². The van der Waals surface area contributed by atoms with Crippen LogP contribution in [0, 0.1) is 5.82 Å². The second-order valence-electron chi connectivity index (χ2n) is 4.93. The predicted molar refractivity (Wildman–Crippen MR) is 78.8 cm³/mol. The first-order valence-corrected chi connectivity index (χ1v) is 6.95. The maximum atomic E-state index is 14.1. The maximum absolute atomic E-state index is 14.1. The number of aliphatic hydroxyl groups is 1. The van der Waals surface area contributed by atoms with Crippen LogP contribution in [0.15, 0.2) is 36.7 Å². The van der Waals surface area contributed by atoms with Crippen LogP contribution >= 0.6 is 0 Å². The van der Waals surface area contributed by atoms with Gasteiger partial charge < -0.3 is 14.9 Å². The van der Waals surface area contributed by atoms with E-state index in [2.05, 4.69) is 14.9 Å². The van der Waals surface area contributed by atoms with Crippen LogP contribution in [0.1, 0.15) is 5.56 Å². The van der Waals surface area contributed by atoms with Crippen molar-refractivity contribution in [1.82, 2.24) is 9.97 Å². The molecule has 2 aromatic rings.